The van der Waals surface area contributed by atoms with E-state index in [-0.39, 0.29) is 54.5 Å². The van der Waals surface area contributed by atoms with Gasteiger partial charge in [-0.15, -0.1) is 0 Å². The van der Waals surface area contributed by atoms with Gasteiger partial charge in [-0.3, -0.25) is 4.79 Å². The number of rotatable bonds is 6. The van der Waals surface area contributed by atoms with Gasteiger partial charge >= 0.3 is 29.6 Å². The van der Waals surface area contributed by atoms with Crippen LogP contribution < -0.4 is 40.0 Å². The summed E-state index contributed by atoms with van der Waals surface area (Å²) >= 11 is 5.94. The topological polar surface area (TPSA) is 78.5 Å². The molecule has 25 heavy (non-hydrogen) atoms. The van der Waals surface area contributed by atoms with E-state index in [0.717, 1.165) is 12.0 Å². The molecule has 3 rings (SSSR count). The fourth-order valence-electron chi connectivity index (χ4n) is 3.43. The molecule has 1 N–H and O–H groups in total. The molecule has 7 heteroatoms. The molecule has 1 saturated carbocycles. The van der Waals surface area contributed by atoms with Crippen molar-refractivity contribution in [1.82, 2.24) is 5.32 Å². The van der Waals surface area contributed by atoms with E-state index in [0.29, 0.717) is 29.9 Å². The average Bonchev–Trinajstić information content (AvgIpc) is 3.06. The van der Waals surface area contributed by atoms with Crippen molar-refractivity contribution in [2.45, 2.75) is 32.2 Å². The monoisotopic (exact) mass is 373 g/mol. The van der Waals surface area contributed by atoms with Crippen molar-refractivity contribution in [3.63, 3.8) is 0 Å². The van der Waals surface area contributed by atoms with E-state index in [9.17, 15) is 14.7 Å². The Bertz CT molecular complexity index is 630. The Balaban J connectivity index is 0.00000225. The van der Waals surface area contributed by atoms with Crippen molar-refractivity contribution in [2.75, 3.05) is 13.2 Å². The van der Waals surface area contributed by atoms with Gasteiger partial charge in [0.25, 0.3) is 0 Å². The first-order valence-corrected chi connectivity index (χ1v) is 8.63. The SMILES string of the molecule is CC1CC1C(NC(=O)CC1(C(=O)[O-])CCOC1)c1ccc(Cl)cc1.[Na+]. The molecule has 130 valence electrons. The van der Waals surface area contributed by atoms with E-state index in [1.54, 1.807) is 12.1 Å². The molecule has 1 aliphatic heterocycles. The van der Waals surface area contributed by atoms with Crippen LogP contribution >= 0.6 is 11.6 Å². The van der Waals surface area contributed by atoms with Crippen LogP contribution in [0.25, 0.3) is 0 Å². The fourth-order valence-corrected chi connectivity index (χ4v) is 3.56. The van der Waals surface area contributed by atoms with Gasteiger partial charge in [-0.05, 0) is 42.4 Å². The van der Waals surface area contributed by atoms with E-state index in [4.69, 9.17) is 16.3 Å². The number of halogens is 1. The number of carbonyl (C=O) groups excluding carboxylic acids is 2. The molecule has 1 aromatic rings. The predicted octanol–water partition coefficient (Wildman–Crippen LogP) is -1.30. The zero-order valence-electron chi connectivity index (χ0n) is 14.6. The third kappa shape index (κ3) is 4.77. The average molecular weight is 374 g/mol. The number of carboxylic acids is 1. The van der Waals surface area contributed by atoms with Crippen molar-refractivity contribution in [2.24, 2.45) is 17.3 Å². The van der Waals surface area contributed by atoms with E-state index in [1.165, 1.54) is 0 Å². The molecule has 0 aromatic heterocycles. The van der Waals surface area contributed by atoms with Crippen LogP contribution in [0.3, 0.4) is 0 Å². The maximum atomic E-state index is 12.5. The van der Waals surface area contributed by atoms with Crippen molar-refractivity contribution < 1.29 is 49.0 Å². The van der Waals surface area contributed by atoms with Gasteiger partial charge in [-0.1, -0.05) is 30.7 Å². The van der Waals surface area contributed by atoms with Gasteiger partial charge < -0.3 is 20.0 Å². The summed E-state index contributed by atoms with van der Waals surface area (Å²) in [7, 11) is 0. The molecule has 1 amide bonds. The Morgan fingerprint density at radius 2 is 2.04 bits per heavy atom. The van der Waals surface area contributed by atoms with Crippen molar-refractivity contribution >= 4 is 23.5 Å². The Labute approximate surface area is 174 Å². The molecule has 1 aromatic carbocycles. The molecule has 4 atom stereocenters. The molecule has 4 unspecified atom stereocenters. The van der Waals surface area contributed by atoms with Crippen LogP contribution in [0.5, 0.6) is 0 Å². The van der Waals surface area contributed by atoms with Crippen LogP contribution in [0.4, 0.5) is 0 Å². The van der Waals surface area contributed by atoms with Crippen LogP contribution in [0.2, 0.25) is 5.02 Å². The first kappa shape index (κ1) is 20.7. The fraction of sp³-hybridized carbons (Fsp3) is 0.556. The number of ether oxygens (including phenoxy) is 1. The number of hydrogen-bond acceptors (Lipinski definition) is 4. The normalized spacial score (nSPS) is 28.7. The second kappa shape index (κ2) is 8.40. The van der Waals surface area contributed by atoms with Crippen LogP contribution in [0.1, 0.15) is 37.8 Å². The van der Waals surface area contributed by atoms with Gasteiger partial charge in [0.05, 0.1) is 18.6 Å². The maximum Gasteiger partial charge on any atom is 1.00 e. The number of amides is 1. The third-order valence-corrected chi connectivity index (χ3v) is 5.43. The minimum absolute atomic E-state index is 0. The van der Waals surface area contributed by atoms with Crippen molar-refractivity contribution in [1.29, 1.82) is 0 Å². The second-order valence-corrected chi connectivity index (χ2v) is 7.46. The summed E-state index contributed by atoms with van der Waals surface area (Å²) in [5, 5.41) is 15.1. The minimum atomic E-state index is -1.21. The summed E-state index contributed by atoms with van der Waals surface area (Å²) in [6.07, 6.45) is 1.25. The van der Waals surface area contributed by atoms with Gasteiger partial charge in [0.2, 0.25) is 5.91 Å². The molecule has 2 fully saturated rings. The van der Waals surface area contributed by atoms with Crippen molar-refractivity contribution in [3.05, 3.63) is 34.9 Å². The van der Waals surface area contributed by atoms with Gasteiger partial charge in [-0.25, -0.2) is 0 Å². The molecule has 0 bridgehead atoms. The Hall–Kier alpha value is -0.590. The molecule has 1 saturated heterocycles. The number of nitrogens with one attached hydrogen (secondary N) is 1. The molecule has 1 heterocycles. The number of carbonyl (C=O) groups is 2. The van der Waals surface area contributed by atoms with Gasteiger partial charge in [0.1, 0.15) is 0 Å². The molecule has 0 radical (unpaired) electrons. The summed E-state index contributed by atoms with van der Waals surface area (Å²) in [6, 6.07) is 7.30. The molecule has 2 aliphatic rings. The smallest absolute Gasteiger partial charge is 0.549 e. The van der Waals surface area contributed by atoms with Crippen molar-refractivity contribution in [3.8, 4) is 0 Å². The largest absolute Gasteiger partial charge is 1.00 e. The van der Waals surface area contributed by atoms with E-state index in [2.05, 4.69) is 12.2 Å². The molecule has 1 aliphatic carbocycles. The summed E-state index contributed by atoms with van der Waals surface area (Å²) in [6.45, 7) is 2.53. The zero-order chi connectivity index (χ0) is 17.3. The summed E-state index contributed by atoms with van der Waals surface area (Å²) in [4.78, 5) is 24.0. The van der Waals surface area contributed by atoms with Crippen LogP contribution in [-0.2, 0) is 14.3 Å². The summed E-state index contributed by atoms with van der Waals surface area (Å²) in [5.74, 6) is -0.577. The standard InChI is InChI=1S/C18H22ClNO4.Na/c1-11-8-14(11)16(12-2-4-13(19)5-3-12)20-15(21)9-18(17(22)23)6-7-24-10-18;/h2-5,11,14,16H,6-10H2,1H3,(H,20,21)(H,22,23);/q;+1/p-1. The molecule has 5 nitrogen and oxygen atoms in total. The van der Waals surface area contributed by atoms with Gasteiger partial charge in [-0.2, -0.15) is 0 Å². The maximum absolute atomic E-state index is 12.5. The quantitative estimate of drug-likeness (QED) is 0.629. The second-order valence-electron chi connectivity index (χ2n) is 7.02. The first-order chi connectivity index (χ1) is 11.4. The first-order valence-electron chi connectivity index (χ1n) is 8.25. The van der Waals surface area contributed by atoms with Crippen LogP contribution in [0.15, 0.2) is 24.3 Å². The Morgan fingerprint density at radius 3 is 2.52 bits per heavy atom. The summed E-state index contributed by atoms with van der Waals surface area (Å²) in [5.41, 5.74) is -0.212. The Kier molecular flexibility index (Phi) is 6.96. The number of carboxylic acid groups (broad SMARTS) is 1. The number of aliphatic carboxylic acids is 1. The minimum Gasteiger partial charge on any atom is -0.549 e. The van der Waals surface area contributed by atoms with Gasteiger partial charge in [0.15, 0.2) is 0 Å². The third-order valence-electron chi connectivity index (χ3n) is 5.18. The van der Waals surface area contributed by atoms with Crippen LogP contribution in [0, 0.1) is 17.3 Å². The van der Waals surface area contributed by atoms with Gasteiger partial charge in [0, 0.05) is 23.5 Å². The number of benzene rings is 1. The Morgan fingerprint density at radius 1 is 1.40 bits per heavy atom. The summed E-state index contributed by atoms with van der Waals surface area (Å²) < 4.78 is 5.19. The van der Waals surface area contributed by atoms with E-state index in [1.807, 2.05) is 12.1 Å². The molecule has 0 spiro atoms. The molecular weight excluding hydrogens is 353 g/mol. The number of hydrogen-bond donors (Lipinski definition) is 1. The predicted molar refractivity (Wildman–Crippen MR) is 87.1 cm³/mol. The van der Waals surface area contributed by atoms with Crippen LogP contribution in [-0.4, -0.2) is 25.1 Å². The zero-order valence-corrected chi connectivity index (χ0v) is 17.3. The van der Waals surface area contributed by atoms with E-state index >= 15 is 0 Å². The molecular formula is C18H21ClNNaO4. The van der Waals surface area contributed by atoms with E-state index < -0.39 is 11.4 Å².